The smallest absolute Gasteiger partial charge is 0.257 e. The van der Waals surface area contributed by atoms with Crippen molar-refractivity contribution < 1.29 is 19.1 Å². The number of fused-ring (bicyclic) bond motifs is 1. The van der Waals surface area contributed by atoms with E-state index in [4.69, 9.17) is 9.47 Å². The van der Waals surface area contributed by atoms with Crippen molar-refractivity contribution in [2.75, 3.05) is 47.9 Å². The summed E-state index contributed by atoms with van der Waals surface area (Å²) < 4.78 is 12.8. The predicted molar refractivity (Wildman–Crippen MR) is 128 cm³/mol. The summed E-state index contributed by atoms with van der Waals surface area (Å²) in [7, 11) is 6.85. The fraction of sp³-hybridized carbons (Fsp3) is 0.583. The molecule has 10 nitrogen and oxygen atoms in total. The van der Waals surface area contributed by atoms with E-state index in [1.807, 2.05) is 19.0 Å². The number of hydrogen-bond donors (Lipinski definition) is 1. The van der Waals surface area contributed by atoms with Gasteiger partial charge in [0.25, 0.3) is 5.91 Å². The number of ether oxygens (including phenoxy) is 2. The molecule has 1 N–H and O–H groups in total. The van der Waals surface area contributed by atoms with Crippen molar-refractivity contribution in [3.8, 4) is 11.5 Å². The molecule has 34 heavy (non-hydrogen) atoms. The molecule has 1 aromatic carbocycles. The molecule has 10 heteroatoms. The molecular formula is C24H36N6O4. The molecule has 0 saturated heterocycles. The number of methoxy groups -OCH3 is 2. The van der Waals surface area contributed by atoms with Gasteiger partial charge in [0.05, 0.1) is 32.4 Å². The molecule has 1 aromatic heterocycles. The Morgan fingerprint density at radius 3 is 2.53 bits per heavy atom. The zero-order valence-electron chi connectivity index (χ0n) is 21.0. The van der Waals surface area contributed by atoms with E-state index in [0.717, 1.165) is 18.1 Å². The molecule has 0 aliphatic carbocycles. The Balaban J connectivity index is 1.80. The van der Waals surface area contributed by atoms with Gasteiger partial charge in [0, 0.05) is 26.1 Å². The molecule has 2 aromatic rings. The van der Waals surface area contributed by atoms with Crippen LogP contribution in [0.2, 0.25) is 0 Å². The fourth-order valence-corrected chi connectivity index (χ4v) is 4.19. The van der Waals surface area contributed by atoms with E-state index < -0.39 is 0 Å². The molecule has 186 valence electrons. The Morgan fingerprint density at radius 2 is 1.88 bits per heavy atom. The molecule has 2 amide bonds. The van der Waals surface area contributed by atoms with Gasteiger partial charge in [0.15, 0.2) is 5.82 Å². The fourth-order valence-electron chi connectivity index (χ4n) is 4.19. The SMILES string of the molecule is COc1ccc(OC)c(C(=O)N2CCc3nnc([C@H](CC(C)C)NC(=O)CN(C)C)n3CC2)c1. The Kier molecular flexibility index (Phi) is 8.49. The van der Waals surface area contributed by atoms with Crippen LogP contribution in [0.25, 0.3) is 0 Å². The number of rotatable bonds is 9. The van der Waals surface area contributed by atoms with E-state index >= 15 is 0 Å². The Labute approximate surface area is 201 Å². The molecule has 3 rings (SSSR count). The Hall–Kier alpha value is -3.14. The van der Waals surface area contributed by atoms with E-state index in [1.54, 1.807) is 37.3 Å². The number of benzene rings is 1. The predicted octanol–water partition coefficient (Wildman–Crippen LogP) is 1.76. The van der Waals surface area contributed by atoms with Gasteiger partial charge in [-0.05, 0) is 44.6 Å². The van der Waals surface area contributed by atoms with E-state index in [-0.39, 0.29) is 17.9 Å². The van der Waals surface area contributed by atoms with Crippen LogP contribution in [-0.4, -0.2) is 84.3 Å². The molecule has 2 heterocycles. The maximum absolute atomic E-state index is 13.4. The van der Waals surface area contributed by atoms with E-state index in [9.17, 15) is 9.59 Å². The summed E-state index contributed by atoms with van der Waals surface area (Å²) in [5.74, 6) is 2.86. The molecule has 0 fully saturated rings. The van der Waals surface area contributed by atoms with Crippen molar-refractivity contribution in [2.45, 2.75) is 39.3 Å². The third-order valence-electron chi connectivity index (χ3n) is 5.79. The standard InChI is InChI=1S/C24H36N6O4/c1-16(2)13-19(25-22(31)15-28(3)4)23-27-26-21-9-10-29(11-12-30(21)23)24(32)18-14-17(33-5)7-8-20(18)34-6/h7-8,14,16,19H,9-13,15H2,1-6H3,(H,25,31)/t19-/m0/s1. The number of aromatic nitrogens is 3. The summed E-state index contributed by atoms with van der Waals surface area (Å²) in [6, 6.07) is 4.97. The maximum atomic E-state index is 13.4. The van der Waals surface area contributed by atoms with Crippen molar-refractivity contribution in [3.63, 3.8) is 0 Å². The summed E-state index contributed by atoms with van der Waals surface area (Å²) in [5.41, 5.74) is 0.466. The van der Waals surface area contributed by atoms with Gasteiger partial charge in [-0.15, -0.1) is 10.2 Å². The normalized spacial score (nSPS) is 14.5. The zero-order valence-corrected chi connectivity index (χ0v) is 21.0. The monoisotopic (exact) mass is 472 g/mol. The molecular weight excluding hydrogens is 436 g/mol. The third kappa shape index (κ3) is 6.05. The summed E-state index contributed by atoms with van der Waals surface area (Å²) in [6.07, 6.45) is 1.33. The molecule has 0 radical (unpaired) electrons. The highest BCUT2D eigenvalue weighted by Crippen LogP contribution is 2.27. The average Bonchev–Trinajstić information content (AvgIpc) is 3.08. The summed E-state index contributed by atoms with van der Waals surface area (Å²) >= 11 is 0. The number of nitrogens with one attached hydrogen (secondary N) is 1. The molecule has 1 aliphatic rings. The van der Waals surface area contributed by atoms with Crippen LogP contribution in [-0.2, 0) is 17.8 Å². The van der Waals surface area contributed by atoms with Crippen LogP contribution in [0.5, 0.6) is 11.5 Å². The van der Waals surface area contributed by atoms with Gasteiger partial charge in [-0.25, -0.2) is 0 Å². The summed E-state index contributed by atoms with van der Waals surface area (Å²) in [6.45, 7) is 6.10. The van der Waals surface area contributed by atoms with Crippen LogP contribution >= 0.6 is 0 Å². The maximum Gasteiger partial charge on any atom is 0.257 e. The van der Waals surface area contributed by atoms with Crippen LogP contribution in [0.15, 0.2) is 18.2 Å². The summed E-state index contributed by atoms with van der Waals surface area (Å²) in [4.78, 5) is 29.5. The largest absolute Gasteiger partial charge is 0.497 e. The van der Waals surface area contributed by atoms with Crippen LogP contribution in [0.3, 0.4) is 0 Å². The first kappa shape index (κ1) is 25.5. The molecule has 1 atom stereocenters. The van der Waals surface area contributed by atoms with Gasteiger partial charge in [0.1, 0.15) is 17.3 Å². The minimum atomic E-state index is -0.241. The molecule has 1 aliphatic heterocycles. The van der Waals surface area contributed by atoms with Crippen molar-refractivity contribution in [3.05, 3.63) is 35.4 Å². The van der Waals surface area contributed by atoms with Crippen LogP contribution in [0.4, 0.5) is 0 Å². The van der Waals surface area contributed by atoms with E-state index in [2.05, 4.69) is 33.9 Å². The highest BCUT2D eigenvalue weighted by molar-refractivity contribution is 5.97. The van der Waals surface area contributed by atoms with Gasteiger partial charge in [-0.1, -0.05) is 13.8 Å². The molecule has 0 saturated carbocycles. The number of amides is 2. The zero-order chi connectivity index (χ0) is 24.8. The lowest BCUT2D eigenvalue weighted by Crippen LogP contribution is -2.38. The third-order valence-corrected chi connectivity index (χ3v) is 5.79. The molecule has 0 spiro atoms. The lowest BCUT2D eigenvalue weighted by atomic mass is 10.0. The Morgan fingerprint density at radius 1 is 1.12 bits per heavy atom. The van der Waals surface area contributed by atoms with Crippen molar-refractivity contribution in [1.82, 2.24) is 29.9 Å². The quantitative estimate of drug-likeness (QED) is 0.593. The second kappa shape index (κ2) is 11.3. The second-order valence-corrected chi connectivity index (χ2v) is 9.22. The van der Waals surface area contributed by atoms with Gasteiger partial charge < -0.3 is 29.2 Å². The molecule has 0 bridgehead atoms. The number of likely N-dealkylation sites (N-methyl/N-ethyl adjacent to an activating group) is 1. The highest BCUT2D eigenvalue weighted by Gasteiger charge is 2.28. The highest BCUT2D eigenvalue weighted by atomic mass is 16.5. The van der Waals surface area contributed by atoms with Gasteiger partial charge in [-0.2, -0.15) is 0 Å². The van der Waals surface area contributed by atoms with Crippen molar-refractivity contribution >= 4 is 11.8 Å². The minimum Gasteiger partial charge on any atom is -0.497 e. The van der Waals surface area contributed by atoms with Crippen LogP contribution in [0.1, 0.15) is 48.3 Å². The number of hydrogen-bond acceptors (Lipinski definition) is 7. The van der Waals surface area contributed by atoms with Crippen molar-refractivity contribution in [1.29, 1.82) is 0 Å². The van der Waals surface area contributed by atoms with Gasteiger partial charge in [-0.3, -0.25) is 9.59 Å². The number of nitrogens with zero attached hydrogens (tertiary/aromatic N) is 5. The van der Waals surface area contributed by atoms with Crippen LogP contribution in [0, 0.1) is 5.92 Å². The van der Waals surface area contributed by atoms with Gasteiger partial charge >= 0.3 is 0 Å². The molecule has 0 unspecified atom stereocenters. The van der Waals surface area contributed by atoms with Crippen LogP contribution < -0.4 is 14.8 Å². The first-order chi connectivity index (χ1) is 16.2. The average molecular weight is 473 g/mol. The van der Waals surface area contributed by atoms with E-state index in [1.165, 1.54) is 0 Å². The first-order valence-electron chi connectivity index (χ1n) is 11.6. The minimum absolute atomic E-state index is 0.0523. The lowest BCUT2D eigenvalue weighted by Gasteiger charge is -2.23. The van der Waals surface area contributed by atoms with Crippen molar-refractivity contribution in [2.24, 2.45) is 5.92 Å². The lowest BCUT2D eigenvalue weighted by molar-refractivity contribution is -0.122. The van der Waals surface area contributed by atoms with Gasteiger partial charge in [0.2, 0.25) is 5.91 Å². The summed E-state index contributed by atoms with van der Waals surface area (Å²) in [5, 5.41) is 12.0. The number of carbonyl (C=O) groups is 2. The second-order valence-electron chi connectivity index (χ2n) is 9.22. The number of carbonyl (C=O) groups excluding carboxylic acids is 2. The van der Waals surface area contributed by atoms with E-state index in [0.29, 0.717) is 55.6 Å². The topological polar surface area (TPSA) is 102 Å². The Bertz CT molecular complexity index is 1000. The first-order valence-corrected chi connectivity index (χ1v) is 11.6.